The fraction of sp³-hybridized carbons (Fsp3) is 0.333. The number of carbonyl (C=O) groups is 2. The molecule has 0 saturated heterocycles. The molecule has 0 fully saturated rings. The average molecular weight is 299 g/mol. The first-order chi connectivity index (χ1) is 10.7. The molecule has 0 spiro atoms. The Hall–Kier alpha value is -2.70. The Morgan fingerprint density at radius 3 is 2.95 bits per heavy atom. The van der Waals surface area contributed by atoms with Gasteiger partial charge in [-0.1, -0.05) is 18.2 Å². The topological polar surface area (TPSA) is 91.0 Å². The molecule has 0 saturated carbocycles. The van der Waals surface area contributed by atoms with Gasteiger partial charge in [0.25, 0.3) is 11.8 Å². The summed E-state index contributed by atoms with van der Waals surface area (Å²) < 4.78 is 0. The molecule has 3 rings (SSSR count). The third kappa shape index (κ3) is 2.69. The number of H-pyrrole nitrogens is 1. The van der Waals surface area contributed by atoms with Crippen LogP contribution in [0.25, 0.3) is 0 Å². The molecule has 0 bridgehead atoms. The quantitative estimate of drug-likeness (QED) is 0.862. The zero-order chi connectivity index (χ0) is 15.5. The van der Waals surface area contributed by atoms with E-state index in [1.165, 1.54) is 0 Å². The maximum Gasteiger partial charge on any atom is 0.273 e. The second-order valence-electron chi connectivity index (χ2n) is 5.21. The number of aryl methyl sites for hydroxylation is 1. The number of hydrogen-bond donors (Lipinski definition) is 2. The second-order valence-corrected chi connectivity index (χ2v) is 5.21. The highest BCUT2D eigenvalue weighted by atomic mass is 16.2. The van der Waals surface area contributed by atoms with Crippen molar-refractivity contribution in [1.82, 2.24) is 25.6 Å². The maximum atomic E-state index is 12.4. The molecule has 7 nitrogen and oxygen atoms in total. The number of rotatable bonds is 4. The molecule has 22 heavy (non-hydrogen) atoms. The van der Waals surface area contributed by atoms with Gasteiger partial charge in [0.2, 0.25) is 0 Å². The molecule has 2 heterocycles. The molecule has 114 valence electrons. The van der Waals surface area contributed by atoms with E-state index in [0.29, 0.717) is 25.3 Å². The molecular weight excluding hydrogens is 282 g/mol. The van der Waals surface area contributed by atoms with E-state index >= 15 is 0 Å². The lowest BCUT2D eigenvalue weighted by molar-refractivity contribution is 0.0733. The average Bonchev–Trinajstić information content (AvgIpc) is 2.96. The number of hydrogen-bond acceptors (Lipinski definition) is 4. The van der Waals surface area contributed by atoms with Crippen molar-refractivity contribution in [2.75, 3.05) is 19.6 Å². The third-order valence-electron chi connectivity index (χ3n) is 3.79. The van der Waals surface area contributed by atoms with Gasteiger partial charge in [0.15, 0.2) is 5.69 Å². The standard InChI is InChI=1S/C15H17N5O2/c1-10-13(18-19-17-10)14(21)16-7-9-20-8-6-11-4-2-3-5-12(11)15(20)22/h2-5H,6-9H2,1H3,(H,16,21)(H,17,18,19). The van der Waals surface area contributed by atoms with Gasteiger partial charge in [-0.2, -0.15) is 15.4 Å². The van der Waals surface area contributed by atoms with Crippen molar-refractivity contribution in [3.63, 3.8) is 0 Å². The molecule has 1 aromatic carbocycles. The Bertz CT molecular complexity index is 709. The minimum atomic E-state index is -0.281. The molecule has 1 aliphatic rings. The van der Waals surface area contributed by atoms with Gasteiger partial charge in [0.1, 0.15) is 0 Å². The normalized spacial score (nSPS) is 13.9. The van der Waals surface area contributed by atoms with Gasteiger partial charge in [-0.25, -0.2) is 0 Å². The van der Waals surface area contributed by atoms with E-state index in [2.05, 4.69) is 20.7 Å². The Labute approximate surface area is 127 Å². The van der Waals surface area contributed by atoms with Crippen molar-refractivity contribution >= 4 is 11.8 Å². The number of aromatic nitrogens is 3. The zero-order valence-electron chi connectivity index (χ0n) is 12.3. The van der Waals surface area contributed by atoms with Crippen molar-refractivity contribution in [3.8, 4) is 0 Å². The Kier molecular flexibility index (Phi) is 3.86. The first-order valence-corrected chi connectivity index (χ1v) is 7.19. The first kappa shape index (κ1) is 14.2. The van der Waals surface area contributed by atoms with E-state index in [1.807, 2.05) is 24.3 Å². The minimum Gasteiger partial charge on any atom is -0.349 e. The SMILES string of the molecule is Cc1n[nH]nc1C(=O)NCCN1CCc2ccccc2C1=O. The van der Waals surface area contributed by atoms with Crippen LogP contribution < -0.4 is 5.32 Å². The summed E-state index contributed by atoms with van der Waals surface area (Å²) in [6.45, 7) is 3.26. The number of fused-ring (bicyclic) bond motifs is 1. The van der Waals surface area contributed by atoms with Crippen molar-refractivity contribution in [2.24, 2.45) is 0 Å². The highest BCUT2D eigenvalue weighted by Crippen LogP contribution is 2.17. The highest BCUT2D eigenvalue weighted by Gasteiger charge is 2.23. The Morgan fingerprint density at radius 2 is 2.18 bits per heavy atom. The van der Waals surface area contributed by atoms with Gasteiger partial charge < -0.3 is 10.2 Å². The zero-order valence-corrected chi connectivity index (χ0v) is 12.3. The molecule has 2 N–H and O–H groups in total. The first-order valence-electron chi connectivity index (χ1n) is 7.19. The molecular formula is C15H17N5O2. The van der Waals surface area contributed by atoms with Crippen molar-refractivity contribution in [2.45, 2.75) is 13.3 Å². The van der Waals surface area contributed by atoms with Crippen LogP contribution in [0.15, 0.2) is 24.3 Å². The van der Waals surface area contributed by atoms with Crippen LogP contribution in [-0.2, 0) is 6.42 Å². The maximum absolute atomic E-state index is 12.4. The summed E-state index contributed by atoms with van der Waals surface area (Å²) in [6.07, 6.45) is 0.845. The third-order valence-corrected chi connectivity index (χ3v) is 3.79. The summed E-state index contributed by atoms with van der Waals surface area (Å²) in [5.74, 6) is -0.259. The number of aromatic amines is 1. The number of carbonyl (C=O) groups excluding carboxylic acids is 2. The highest BCUT2D eigenvalue weighted by molar-refractivity contribution is 5.97. The van der Waals surface area contributed by atoms with Crippen LogP contribution in [-0.4, -0.2) is 51.8 Å². The predicted octanol–water partition coefficient (Wildman–Crippen LogP) is 0.541. The van der Waals surface area contributed by atoms with Gasteiger partial charge in [-0.3, -0.25) is 9.59 Å². The van der Waals surface area contributed by atoms with Crippen molar-refractivity contribution < 1.29 is 9.59 Å². The molecule has 7 heteroatoms. The second kappa shape index (κ2) is 5.97. The molecule has 1 aliphatic heterocycles. The lowest BCUT2D eigenvalue weighted by atomic mass is 9.99. The van der Waals surface area contributed by atoms with E-state index in [4.69, 9.17) is 0 Å². The summed E-state index contributed by atoms with van der Waals surface area (Å²) in [6, 6.07) is 7.65. The Morgan fingerprint density at radius 1 is 1.36 bits per heavy atom. The molecule has 0 unspecified atom stereocenters. The summed E-state index contributed by atoms with van der Waals surface area (Å²) in [5, 5.41) is 12.8. The summed E-state index contributed by atoms with van der Waals surface area (Å²) in [7, 11) is 0. The molecule has 0 atom stereocenters. The smallest absolute Gasteiger partial charge is 0.273 e. The van der Waals surface area contributed by atoms with Crippen molar-refractivity contribution in [3.05, 3.63) is 46.8 Å². The fourth-order valence-electron chi connectivity index (χ4n) is 2.57. The van der Waals surface area contributed by atoms with Gasteiger partial charge >= 0.3 is 0 Å². The lowest BCUT2D eigenvalue weighted by Crippen LogP contribution is -2.42. The fourth-order valence-corrected chi connectivity index (χ4v) is 2.57. The molecule has 1 aromatic heterocycles. The van der Waals surface area contributed by atoms with Gasteiger partial charge in [0, 0.05) is 25.2 Å². The monoisotopic (exact) mass is 299 g/mol. The van der Waals surface area contributed by atoms with E-state index in [-0.39, 0.29) is 17.5 Å². The summed E-state index contributed by atoms with van der Waals surface area (Å²) >= 11 is 0. The van der Waals surface area contributed by atoms with Gasteiger partial charge in [0.05, 0.1) is 5.69 Å². The van der Waals surface area contributed by atoms with Crippen LogP contribution in [0.4, 0.5) is 0 Å². The summed E-state index contributed by atoms with van der Waals surface area (Å²) in [5.41, 5.74) is 2.69. The summed E-state index contributed by atoms with van der Waals surface area (Å²) in [4.78, 5) is 26.0. The molecule has 0 radical (unpaired) electrons. The van der Waals surface area contributed by atoms with E-state index in [9.17, 15) is 9.59 Å². The molecule has 0 aliphatic carbocycles. The van der Waals surface area contributed by atoms with Gasteiger partial charge in [-0.15, -0.1) is 0 Å². The van der Waals surface area contributed by atoms with E-state index in [0.717, 1.165) is 17.5 Å². The van der Waals surface area contributed by atoms with Crippen LogP contribution in [0.2, 0.25) is 0 Å². The predicted molar refractivity (Wildman–Crippen MR) is 79.5 cm³/mol. The van der Waals surface area contributed by atoms with Crippen LogP contribution in [0.1, 0.15) is 32.1 Å². The van der Waals surface area contributed by atoms with Crippen LogP contribution >= 0.6 is 0 Å². The number of benzene rings is 1. The minimum absolute atomic E-state index is 0.0220. The molecule has 2 aromatic rings. The van der Waals surface area contributed by atoms with Crippen LogP contribution in [0.5, 0.6) is 0 Å². The largest absolute Gasteiger partial charge is 0.349 e. The number of nitrogens with one attached hydrogen (secondary N) is 2. The Balaban J connectivity index is 1.56. The van der Waals surface area contributed by atoms with Crippen LogP contribution in [0.3, 0.4) is 0 Å². The number of amides is 2. The lowest BCUT2D eigenvalue weighted by Gasteiger charge is -2.28. The van der Waals surface area contributed by atoms with E-state index in [1.54, 1.807) is 11.8 Å². The molecule has 2 amide bonds. The van der Waals surface area contributed by atoms with Gasteiger partial charge in [-0.05, 0) is 25.0 Å². The van der Waals surface area contributed by atoms with Crippen molar-refractivity contribution in [1.29, 1.82) is 0 Å². The van der Waals surface area contributed by atoms with Crippen LogP contribution in [0, 0.1) is 6.92 Å². The number of nitrogens with zero attached hydrogens (tertiary/aromatic N) is 3. The van der Waals surface area contributed by atoms with E-state index < -0.39 is 0 Å².